The Bertz CT molecular complexity index is 1290. The minimum Gasteiger partial charge on any atom is -0.497 e. The molecule has 7 heteroatoms. The van der Waals surface area contributed by atoms with E-state index in [1.54, 1.807) is 25.1 Å². The third-order valence-corrected chi connectivity index (χ3v) is 5.60. The number of methoxy groups -OCH3 is 1. The van der Waals surface area contributed by atoms with Crippen LogP contribution in [0.2, 0.25) is 0 Å². The Morgan fingerprint density at radius 2 is 1.76 bits per heavy atom. The summed E-state index contributed by atoms with van der Waals surface area (Å²) in [6, 6.07) is 21.8. The van der Waals surface area contributed by atoms with Gasteiger partial charge in [-0.15, -0.1) is 10.2 Å². The normalized spacial score (nSPS) is 11.2. The van der Waals surface area contributed by atoms with Crippen LogP contribution in [-0.2, 0) is 5.75 Å². The number of aromatic nitrogens is 5. The molecular formula is C22H17N5OS. The second kappa shape index (κ2) is 7.52. The molecule has 29 heavy (non-hydrogen) atoms. The van der Waals surface area contributed by atoms with Gasteiger partial charge in [-0.1, -0.05) is 30.0 Å². The molecule has 0 bridgehead atoms. The SMILES string of the molecule is COc1ccc(-c2nc3ccccc3c3nnc(SCc4ccccn4)n23)cc1. The molecule has 0 unspecified atom stereocenters. The summed E-state index contributed by atoms with van der Waals surface area (Å²) in [5.74, 6) is 2.31. The molecule has 0 spiro atoms. The van der Waals surface area contributed by atoms with Crippen molar-refractivity contribution in [2.75, 3.05) is 7.11 Å². The number of benzene rings is 2. The zero-order valence-corrected chi connectivity index (χ0v) is 16.5. The maximum absolute atomic E-state index is 5.30. The molecule has 6 nitrogen and oxygen atoms in total. The quantitative estimate of drug-likeness (QED) is 0.401. The Labute approximate surface area is 171 Å². The van der Waals surface area contributed by atoms with Gasteiger partial charge >= 0.3 is 0 Å². The van der Waals surface area contributed by atoms with E-state index >= 15 is 0 Å². The van der Waals surface area contributed by atoms with Crippen LogP contribution in [0.5, 0.6) is 5.75 Å². The number of pyridine rings is 1. The van der Waals surface area contributed by atoms with Gasteiger partial charge in [-0.2, -0.15) is 0 Å². The lowest BCUT2D eigenvalue weighted by molar-refractivity contribution is 0.415. The van der Waals surface area contributed by atoms with Gasteiger partial charge in [0.1, 0.15) is 11.6 Å². The standard InChI is InChI=1S/C22H17N5OS/c1-28-17-11-9-15(10-12-17)20-24-19-8-3-2-7-18(19)21-25-26-22(27(20)21)29-14-16-6-4-5-13-23-16/h2-13H,14H2,1H3. The van der Waals surface area contributed by atoms with Crippen LogP contribution in [-0.4, -0.2) is 31.7 Å². The summed E-state index contributed by atoms with van der Waals surface area (Å²) < 4.78 is 7.32. The first-order chi connectivity index (χ1) is 14.3. The van der Waals surface area contributed by atoms with Gasteiger partial charge in [0.2, 0.25) is 0 Å². The summed E-state index contributed by atoms with van der Waals surface area (Å²) in [6.07, 6.45) is 1.80. The molecule has 0 saturated carbocycles. The Morgan fingerprint density at radius 3 is 2.55 bits per heavy atom. The van der Waals surface area contributed by atoms with Crippen molar-refractivity contribution in [1.29, 1.82) is 0 Å². The molecule has 0 aliphatic carbocycles. The van der Waals surface area contributed by atoms with Crippen LogP contribution in [0.15, 0.2) is 78.1 Å². The molecule has 3 heterocycles. The van der Waals surface area contributed by atoms with Gasteiger partial charge in [0.05, 0.1) is 18.3 Å². The van der Waals surface area contributed by atoms with E-state index in [4.69, 9.17) is 9.72 Å². The predicted molar refractivity (Wildman–Crippen MR) is 114 cm³/mol. The molecule has 0 aliphatic heterocycles. The molecule has 0 aliphatic rings. The average Bonchev–Trinajstić information content (AvgIpc) is 3.22. The van der Waals surface area contributed by atoms with E-state index in [1.807, 2.05) is 71.1 Å². The van der Waals surface area contributed by atoms with Crippen molar-refractivity contribution in [2.24, 2.45) is 0 Å². The zero-order chi connectivity index (χ0) is 19.6. The Kier molecular flexibility index (Phi) is 4.57. The van der Waals surface area contributed by atoms with E-state index < -0.39 is 0 Å². The number of nitrogens with zero attached hydrogens (tertiary/aromatic N) is 5. The van der Waals surface area contributed by atoms with Crippen molar-refractivity contribution in [3.63, 3.8) is 0 Å². The summed E-state index contributed by atoms with van der Waals surface area (Å²) in [7, 11) is 1.66. The Hall–Kier alpha value is -3.45. The van der Waals surface area contributed by atoms with Crippen LogP contribution in [0, 0.1) is 0 Å². The molecule has 0 atom stereocenters. The lowest BCUT2D eigenvalue weighted by Crippen LogP contribution is -2.00. The average molecular weight is 399 g/mol. The first-order valence-electron chi connectivity index (χ1n) is 9.14. The Balaban J connectivity index is 1.67. The maximum atomic E-state index is 5.30. The molecular weight excluding hydrogens is 382 g/mol. The largest absolute Gasteiger partial charge is 0.497 e. The van der Waals surface area contributed by atoms with Crippen LogP contribution in [0.25, 0.3) is 27.9 Å². The highest BCUT2D eigenvalue weighted by molar-refractivity contribution is 7.98. The van der Waals surface area contributed by atoms with E-state index in [-0.39, 0.29) is 0 Å². The first-order valence-corrected chi connectivity index (χ1v) is 10.1. The van der Waals surface area contributed by atoms with Crippen LogP contribution in [0.3, 0.4) is 0 Å². The van der Waals surface area contributed by atoms with Gasteiger partial charge in [-0.3, -0.25) is 9.38 Å². The molecule has 0 radical (unpaired) electrons. The summed E-state index contributed by atoms with van der Waals surface area (Å²) in [6.45, 7) is 0. The molecule has 3 aromatic heterocycles. The van der Waals surface area contributed by atoms with Crippen molar-refractivity contribution in [2.45, 2.75) is 10.9 Å². The number of thioether (sulfide) groups is 1. The molecule has 0 saturated heterocycles. The van der Waals surface area contributed by atoms with Crippen LogP contribution in [0.1, 0.15) is 5.69 Å². The van der Waals surface area contributed by atoms with Gasteiger partial charge < -0.3 is 4.74 Å². The van der Waals surface area contributed by atoms with Crippen molar-refractivity contribution in [1.82, 2.24) is 24.6 Å². The summed E-state index contributed by atoms with van der Waals surface area (Å²) >= 11 is 1.60. The van der Waals surface area contributed by atoms with Crippen LogP contribution >= 0.6 is 11.8 Å². The fourth-order valence-corrected chi connectivity index (χ4v) is 4.06. The third kappa shape index (κ3) is 3.30. The fraction of sp³-hybridized carbons (Fsp3) is 0.0909. The topological polar surface area (TPSA) is 65.2 Å². The third-order valence-electron chi connectivity index (χ3n) is 4.64. The van der Waals surface area contributed by atoms with E-state index in [1.165, 1.54) is 0 Å². The van der Waals surface area contributed by atoms with Gasteiger partial charge in [0, 0.05) is 22.9 Å². The van der Waals surface area contributed by atoms with Crippen LogP contribution in [0.4, 0.5) is 0 Å². The van der Waals surface area contributed by atoms with E-state index in [2.05, 4.69) is 15.2 Å². The molecule has 0 N–H and O–H groups in total. The lowest BCUT2D eigenvalue weighted by atomic mass is 10.1. The minimum absolute atomic E-state index is 0.705. The number of fused-ring (bicyclic) bond motifs is 3. The first kappa shape index (κ1) is 17.6. The monoisotopic (exact) mass is 399 g/mol. The summed E-state index contributed by atoms with van der Waals surface area (Å²) in [4.78, 5) is 9.33. The van der Waals surface area contributed by atoms with Gasteiger partial charge in [-0.25, -0.2) is 4.98 Å². The number of hydrogen-bond acceptors (Lipinski definition) is 6. The van der Waals surface area contributed by atoms with E-state index in [0.717, 1.165) is 44.5 Å². The smallest absolute Gasteiger partial charge is 0.197 e. The fourth-order valence-electron chi connectivity index (χ4n) is 3.21. The van der Waals surface area contributed by atoms with Crippen molar-refractivity contribution in [3.05, 3.63) is 78.6 Å². The van der Waals surface area contributed by atoms with E-state index in [9.17, 15) is 0 Å². The molecule has 142 valence electrons. The Morgan fingerprint density at radius 1 is 0.931 bits per heavy atom. The molecule has 5 rings (SSSR count). The highest BCUT2D eigenvalue weighted by atomic mass is 32.2. The number of hydrogen-bond donors (Lipinski definition) is 0. The van der Waals surface area contributed by atoms with Gasteiger partial charge in [0.15, 0.2) is 10.8 Å². The predicted octanol–water partition coefficient (Wildman–Crippen LogP) is 4.64. The van der Waals surface area contributed by atoms with Crippen LogP contribution < -0.4 is 4.74 Å². The minimum atomic E-state index is 0.705. The summed E-state index contributed by atoms with van der Waals surface area (Å²) in [5, 5.41) is 10.7. The molecule has 0 amide bonds. The van der Waals surface area contributed by atoms with Gasteiger partial charge in [-0.05, 0) is 48.5 Å². The highest BCUT2D eigenvalue weighted by Gasteiger charge is 2.17. The molecule has 0 fully saturated rings. The van der Waals surface area contributed by atoms with Gasteiger partial charge in [0.25, 0.3) is 0 Å². The number of rotatable bonds is 5. The molecule has 2 aromatic carbocycles. The van der Waals surface area contributed by atoms with E-state index in [0.29, 0.717) is 5.75 Å². The maximum Gasteiger partial charge on any atom is 0.197 e. The number of ether oxygens (including phenoxy) is 1. The molecule has 5 aromatic rings. The van der Waals surface area contributed by atoms with Crippen molar-refractivity contribution >= 4 is 28.3 Å². The highest BCUT2D eigenvalue weighted by Crippen LogP contribution is 2.30. The van der Waals surface area contributed by atoms with Crippen molar-refractivity contribution in [3.8, 4) is 17.1 Å². The number of para-hydroxylation sites is 1. The second-order valence-electron chi connectivity index (χ2n) is 6.43. The van der Waals surface area contributed by atoms with Crippen molar-refractivity contribution < 1.29 is 4.74 Å². The lowest BCUT2D eigenvalue weighted by Gasteiger charge is -2.10. The summed E-state index contributed by atoms with van der Waals surface area (Å²) in [5.41, 5.74) is 3.65. The second-order valence-corrected chi connectivity index (χ2v) is 7.37. The zero-order valence-electron chi connectivity index (χ0n) is 15.7.